The van der Waals surface area contributed by atoms with Crippen molar-refractivity contribution >= 4 is 17.1 Å². The van der Waals surface area contributed by atoms with Gasteiger partial charge in [-0.15, -0.1) is 0 Å². The van der Waals surface area contributed by atoms with Crippen LogP contribution in [0.3, 0.4) is 0 Å². The highest BCUT2D eigenvalue weighted by atomic mass is 16.4. The van der Waals surface area contributed by atoms with Crippen molar-refractivity contribution in [3.05, 3.63) is 49.1 Å². The summed E-state index contributed by atoms with van der Waals surface area (Å²) in [4.78, 5) is 23.4. The number of pyridine rings is 2. The van der Waals surface area contributed by atoms with Gasteiger partial charge in [-0.1, -0.05) is 0 Å². The van der Waals surface area contributed by atoms with Crippen LogP contribution in [0.4, 0.5) is 0 Å². The van der Waals surface area contributed by atoms with Crippen LogP contribution in [-0.2, 0) is 11.3 Å². The van der Waals surface area contributed by atoms with Crippen molar-refractivity contribution in [1.29, 1.82) is 0 Å². The summed E-state index contributed by atoms with van der Waals surface area (Å²) in [5, 5.41) is 8.67. The highest BCUT2D eigenvalue weighted by Gasteiger charge is 2.07. The Morgan fingerprint density at radius 1 is 1.10 bits per heavy atom. The standard InChI is InChI=1S/C15H12N4O2/c20-14(21)5-10-19-8-3-11(4-9-19)12-1-2-13-15(18-12)17-7-6-16-13/h1-4,6-9H,5,10H2/p+1. The van der Waals surface area contributed by atoms with Crippen molar-refractivity contribution in [2.24, 2.45) is 0 Å². The number of aromatic nitrogens is 4. The molecule has 6 heteroatoms. The first-order valence-corrected chi connectivity index (χ1v) is 6.51. The van der Waals surface area contributed by atoms with E-state index in [-0.39, 0.29) is 6.42 Å². The minimum atomic E-state index is -0.804. The summed E-state index contributed by atoms with van der Waals surface area (Å²) >= 11 is 0. The van der Waals surface area contributed by atoms with Gasteiger partial charge in [0.25, 0.3) is 0 Å². The van der Waals surface area contributed by atoms with Gasteiger partial charge < -0.3 is 5.11 Å². The number of nitrogens with zero attached hydrogens (tertiary/aromatic N) is 4. The lowest BCUT2D eigenvalue weighted by Gasteiger charge is -2.01. The molecule has 0 saturated heterocycles. The fourth-order valence-corrected chi connectivity index (χ4v) is 2.02. The minimum absolute atomic E-state index is 0.105. The molecule has 0 atom stereocenters. The van der Waals surface area contributed by atoms with Gasteiger partial charge >= 0.3 is 5.97 Å². The predicted molar refractivity (Wildman–Crippen MR) is 75.2 cm³/mol. The zero-order valence-electron chi connectivity index (χ0n) is 11.2. The molecule has 0 fully saturated rings. The van der Waals surface area contributed by atoms with Crippen LogP contribution < -0.4 is 4.57 Å². The van der Waals surface area contributed by atoms with Crippen molar-refractivity contribution in [3.8, 4) is 11.3 Å². The Hall–Kier alpha value is -2.89. The molecule has 0 radical (unpaired) electrons. The van der Waals surface area contributed by atoms with Crippen LogP contribution in [0.1, 0.15) is 6.42 Å². The van der Waals surface area contributed by atoms with E-state index in [4.69, 9.17) is 5.11 Å². The summed E-state index contributed by atoms with van der Waals surface area (Å²) < 4.78 is 1.83. The SMILES string of the molecule is O=C(O)CC[n+]1ccc(-c2ccc3nccnc3n2)cc1. The molecule has 0 aromatic carbocycles. The lowest BCUT2D eigenvalue weighted by molar-refractivity contribution is -0.695. The van der Waals surface area contributed by atoms with Crippen molar-refractivity contribution in [1.82, 2.24) is 15.0 Å². The minimum Gasteiger partial charge on any atom is -0.481 e. The molecule has 0 spiro atoms. The smallest absolute Gasteiger partial charge is 0.309 e. The monoisotopic (exact) mass is 281 g/mol. The molecule has 0 bridgehead atoms. The Kier molecular flexibility index (Phi) is 3.51. The number of aryl methyl sites for hydroxylation is 1. The van der Waals surface area contributed by atoms with E-state index in [2.05, 4.69) is 15.0 Å². The second-order valence-electron chi connectivity index (χ2n) is 4.56. The van der Waals surface area contributed by atoms with Crippen molar-refractivity contribution in [3.63, 3.8) is 0 Å². The first kappa shape index (κ1) is 13.1. The molecule has 0 amide bonds. The molecule has 0 saturated carbocycles. The quantitative estimate of drug-likeness (QED) is 0.732. The first-order valence-electron chi connectivity index (χ1n) is 6.51. The van der Waals surface area contributed by atoms with Crippen LogP contribution >= 0.6 is 0 Å². The van der Waals surface area contributed by atoms with Gasteiger partial charge in [0.1, 0.15) is 11.9 Å². The predicted octanol–water partition coefficient (Wildman–Crippen LogP) is 1.45. The Labute approximate surface area is 120 Å². The second kappa shape index (κ2) is 5.62. The van der Waals surface area contributed by atoms with E-state index in [1.54, 1.807) is 12.4 Å². The van der Waals surface area contributed by atoms with Crippen LogP contribution in [0, 0.1) is 0 Å². The van der Waals surface area contributed by atoms with Gasteiger partial charge in [-0.05, 0) is 12.1 Å². The van der Waals surface area contributed by atoms with Gasteiger partial charge in [-0.2, -0.15) is 0 Å². The van der Waals surface area contributed by atoms with Crippen LogP contribution in [0.15, 0.2) is 49.1 Å². The summed E-state index contributed by atoms with van der Waals surface area (Å²) in [7, 11) is 0. The number of carboxylic acid groups (broad SMARTS) is 1. The Balaban J connectivity index is 1.86. The molecule has 3 aromatic rings. The molecule has 3 aromatic heterocycles. The molecule has 3 heterocycles. The Morgan fingerprint density at radius 3 is 2.62 bits per heavy atom. The molecule has 104 valence electrons. The van der Waals surface area contributed by atoms with E-state index >= 15 is 0 Å². The van der Waals surface area contributed by atoms with E-state index < -0.39 is 5.97 Å². The molecule has 21 heavy (non-hydrogen) atoms. The molecule has 6 nitrogen and oxygen atoms in total. The summed E-state index contributed by atoms with van der Waals surface area (Å²) in [5.41, 5.74) is 3.13. The summed E-state index contributed by atoms with van der Waals surface area (Å²) in [6.07, 6.45) is 7.05. The van der Waals surface area contributed by atoms with E-state index in [0.717, 1.165) is 16.8 Å². The topological polar surface area (TPSA) is 79.9 Å². The third-order valence-electron chi connectivity index (χ3n) is 3.10. The third kappa shape index (κ3) is 3.00. The number of carbonyl (C=O) groups is 1. The van der Waals surface area contributed by atoms with Gasteiger partial charge in [0.05, 0.1) is 5.69 Å². The maximum absolute atomic E-state index is 10.5. The molecule has 0 aliphatic heterocycles. The largest absolute Gasteiger partial charge is 0.481 e. The molecular weight excluding hydrogens is 268 g/mol. The summed E-state index contributed by atoms with van der Waals surface area (Å²) in [6.45, 7) is 0.451. The second-order valence-corrected chi connectivity index (χ2v) is 4.56. The molecule has 1 N–H and O–H groups in total. The third-order valence-corrected chi connectivity index (χ3v) is 3.10. The normalized spacial score (nSPS) is 10.7. The van der Waals surface area contributed by atoms with Crippen molar-refractivity contribution in [2.45, 2.75) is 13.0 Å². The fraction of sp³-hybridized carbons (Fsp3) is 0.133. The van der Waals surface area contributed by atoms with E-state index in [1.165, 1.54) is 0 Å². The Morgan fingerprint density at radius 2 is 1.86 bits per heavy atom. The lowest BCUT2D eigenvalue weighted by atomic mass is 10.2. The van der Waals surface area contributed by atoms with Crippen LogP contribution in [0.2, 0.25) is 0 Å². The number of rotatable bonds is 4. The van der Waals surface area contributed by atoms with Gasteiger partial charge in [0, 0.05) is 30.1 Å². The highest BCUT2D eigenvalue weighted by Crippen LogP contribution is 2.17. The fourth-order valence-electron chi connectivity index (χ4n) is 2.02. The number of aliphatic carboxylic acids is 1. The maximum atomic E-state index is 10.5. The maximum Gasteiger partial charge on any atom is 0.309 e. The van der Waals surface area contributed by atoms with Crippen LogP contribution in [-0.4, -0.2) is 26.0 Å². The van der Waals surface area contributed by atoms with Crippen molar-refractivity contribution in [2.75, 3.05) is 0 Å². The molecular formula is C15H13N4O2+. The number of hydrogen-bond acceptors (Lipinski definition) is 4. The first-order chi connectivity index (χ1) is 10.2. The number of hydrogen-bond donors (Lipinski definition) is 1. The zero-order valence-corrected chi connectivity index (χ0v) is 11.2. The number of fused-ring (bicyclic) bond motifs is 1. The van der Waals surface area contributed by atoms with Crippen LogP contribution in [0.25, 0.3) is 22.4 Å². The molecule has 0 aliphatic rings. The van der Waals surface area contributed by atoms with Crippen LogP contribution in [0.5, 0.6) is 0 Å². The zero-order chi connectivity index (χ0) is 14.7. The lowest BCUT2D eigenvalue weighted by Crippen LogP contribution is -2.33. The van der Waals surface area contributed by atoms with E-state index in [9.17, 15) is 4.79 Å². The average molecular weight is 281 g/mol. The molecule has 0 unspecified atom stereocenters. The number of carboxylic acids is 1. The van der Waals surface area contributed by atoms with Gasteiger partial charge in [0.15, 0.2) is 24.6 Å². The van der Waals surface area contributed by atoms with Crippen molar-refractivity contribution < 1.29 is 14.5 Å². The van der Waals surface area contributed by atoms with Gasteiger partial charge in [-0.3, -0.25) is 9.78 Å². The van der Waals surface area contributed by atoms with E-state index in [0.29, 0.717) is 12.2 Å². The van der Waals surface area contributed by atoms with Gasteiger partial charge in [-0.25, -0.2) is 14.5 Å². The summed E-state index contributed by atoms with van der Waals surface area (Å²) in [5.74, 6) is -0.804. The molecule has 0 aliphatic carbocycles. The molecule has 3 rings (SSSR count). The highest BCUT2D eigenvalue weighted by molar-refractivity contribution is 5.73. The van der Waals surface area contributed by atoms with Gasteiger partial charge in [0.2, 0.25) is 0 Å². The van der Waals surface area contributed by atoms with E-state index in [1.807, 2.05) is 41.2 Å². The average Bonchev–Trinajstić information content (AvgIpc) is 2.53. The summed E-state index contributed by atoms with van der Waals surface area (Å²) in [6, 6.07) is 7.60. The Bertz CT molecular complexity index is 787.